The molecule has 0 aliphatic carbocycles. The quantitative estimate of drug-likeness (QED) is 0.748. The molecule has 0 radical (unpaired) electrons. The number of hydrogen-bond acceptors (Lipinski definition) is 4. The first-order valence-electron chi connectivity index (χ1n) is 3.81. The first kappa shape index (κ1) is 10.2. The standard InChI is InChI=1S/C8H9FN2O3/c1-4(14-8(10)13)6-2-5(9)3-11-7(6)12/h2-4H,1H3,(H2,10,13)(H,11,12)/t4-/m1/s1. The number of aromatic hydroxyl groups is 1. The molecule has 3 N–H and O–H groups in total. The van der Waals surface area contributed by atoms with Crippen LogP contribution in [0.4, 0.5) is 9.18 Å². The van der Waals surface area contributed by atoms with E-state index in [9.17, 15) is 14.3 Å². The molecular formula is C8H9FN2O3. The second-order valence-electron chi connectivity index (χ2n) is 2.65. The summed E-state index contributed by atoms with van der Waals surface area (Å²) in [5.41, 5.74) is 4.83. The van der Waals surface area contributed by atoms with E-state index < -0.39 is 18.0 Å². The van der Waals surface area contributed by atoms with Gasteiger partial charge in [0.1, 0.15) is 11.9 Å². The Hall–Kier alpha value is -1.85. The molecule has 0 bridgehead atoms. The van der Waals surface area contributed by atoms with Crippen LogP contribution in [0.2, 0.25) is 0 Å². The number of carbonyl (C=O) groups excluding carboxylic acids is 1. The maximum Gasteiger partial charge on any atom is 0.405 e. The molecule has 0 fully saturated rings. The summed E-state index contributed by atoms with van der Waals surface area (Å²) in [6.45, 7) is 1.45. The number of amides is 1. The Morgan fingerprint density at radius 1 is 1.79 bits per heavy atom. The number of pyridine rings is 1. The van der Waals surface area contributed by atoms with Crippen molar-refractivity contribution in [1.29, 1.82) is 0 Å². The molecule has 0 aliphatic rings. The molecule has 1 aromatic rings. The minimum Gasteiger partial charge on any atom is -0.493 e. The van der Waals surface area contributed by atoms with Gasteiger partial charge >= 0.3 is 6.09 Å². The summed E-state index contributed by atoms with van der Waals surface area (Å²) < 4.78 is 17.2. The topological polar surface area (TPSA) is 85.4 Å². The Morgan fingerprint density at radius 3 is 3.00 bits per heavy atom. The summed E-state index contributed by atoms with van der Waals surface area (Å²) in [5.74, 6) is -1.02. The van der Waals surface area contributed by atoms with Gasteiger partial charge < -0.3 is 15.6 Å². The number of halogens is 1. The van der Waals surface area contributed by atoms with Crippen LogP contribution in [0, 0.1) is 5.82 Å². The van der Waals surface area contributed by atoms with E-state index in [0.717, 1.165) is 12.3 Å². The molecule has 6 heteroatoms. The highest BCUT2D eigenvalue weighted by Crippen LogP contribution is 2.24. The molecule has 14 heavy (non-hydrogen) atoms. The number of rotatable bonds is 2. The second kappa shape index (κ2) is 3.91. The average Bonchev–Trinajstić information content (AvgIpc) is 2.08. The molecule has 1 amide bonds. The van der Waals surface area contributed by atoms with Crippen molar-refractivity contribution in [2.75, 3.05) is 0 Å². The van der Waals surface area contributed by atoms with E-state index in [0.29, 0.717) is 0 Å². The van der Waals surface area contributed by atoms with Crippen LogP contribution in [-0.4, -0.2) is 16.2 Å². The monoisotopic (exact) mass is 200 g/mol. The number of ether oxygens (including phenoxy) is 1. The van der Waals surface area contributed by atoms with Gasteiger partial charge in [-0.3, -0.25) is 0 Å². The van der Waals surface area contributed by atoms with E-state index in [1.165, 1.54) is 6.92 Å². The van der Waals surface area contributed by atoms with E-state index in [-0.39, 0.29) is 11.4 Å². The zero-order valence-corrected chi connectivity index (χ0v) is 7.40. The molecule has 0 aliphatic heterocycles. The normalized spacial score (nSPS) is 12.1. The van der Waals surface area contributed by atoms with Crippen LogP contribution in [0.3, 0.4) is 0 Å². The fourth-order valence-electron chi connectivity index (χ4n) is 0.985. The van der Waals surface area contributed by atoms with Crippen LogP contribution in [-0.2, 0) is 4.74 Å². The molecule has 0 aromatic carbocycles. The van der Waals surface area contributed by atoms with E-state index in [1.54, 1.807) is 0 Å². The van der Waals surface area contributed by atoms with Gasteiger partial charge in [0.25, 0.3) is 0 Å². The van der Waals surface area contributed by atoms with Gasteiger partial charge in [0.2, 0.25) is 5.88 Å². The lowest BCUT2D eigenvalue weighted by atomic mass is 10.2. The molecule has 76 valence electrons. The van der Waals surface area contributed by atoms with Crippen molar-refractivity contribution >= 4 is 6.09 Å². The second-order valence-corrected chi connectivity index (χ2v) is 2.65. The van der Waals surface area contributed by atoms with Gasteiger partial charge in [-0.25, -0.2) is 14.2 Å². The third-order valence-corrected chi connectivity index (χ3v) is 1.59. The van der Waals surface area contributed by atoms with Gasteiger partial charge in [0.15, 0.2) is 0 Å². The summed E-state index contributed by atoms with van der Waals surface area (Å²) in [6, 6.07) is 1.02. The van der Waals surface area contributed by atoms with Gasteiger partial charge in [0, 0.05) is 0 Å². The van der Waals surface area contributed by atoms with Crippen LogP contribution in [0.1, 0.15) is 18.6 Å². The summed E-state index contributed by atoms with van der Waals surface area (Å²) in [5, 5.41) is 9.21. The number of carbonyl (C=O) groups is 1. The lowest BCUT2D eigenvalue weighted by Gasteiger charge is -2.12. The Bertz CT molecular complexity index is 356. The zero-order valence-electron chi connectivity index (χ0n) is 7.40. The van der Waals surface area contributed by atoms with Crippen molar-refractivity contribution in [2.24, 2.45) is 5.73 Å². The summed E-state index contributed by atoms with van der Waals surface area (Å²) in [7, 11) is 0. The maximum atomic E-state index is 12.7. The molecule has 1 heterocycles. The molecule has 0 saturated carbocycles. The average molecular weight is 200 g/mol. The first-order chi connectivity index (χ1) is 6.50. The van der Waals surface area contributed by atoms with E-state index >= 15 is 0 Å². The fourth-order valence-corrected chi connectivity index (χ4v) is 0.985. The maximum absolute atomic E-state index is 12.7. The van der Waals surface area contributed by atoms with Crippen molar-refractivity contribution in [2.45, 2.75) is 13.0 Å². The van der Waals surface area contributed by atoms with Crippen LogP contribution >= 0.6 is 0 Å². The lowest BCUT2D eigenvalue weighted by Crippen LogP contribution is -2.15. The summed E-state index contributed by atoms with van der Waals surface area (Å²) in [6.07, 6.45) is -0.979. The van der Waals surface area contributed by atoms with Crippen molar-refractivity contribution in [1.82, 2.24) is 4.98 Å². The predicted molar refractivity (Wildman–Crippen MR) is 44.9 cm³/mol. The number of hydrogen-bond donors (Lipinski definition) is 2. The summed E-state index contributed by atoms with van der Waals surface area (Å²) >= 11 is 0. The van der Waals surface area contributed by atoms with E-state index in [4.69, 9.17) is 5.73 Å². The van der Waals surface area contributed by atoms with Gasteiger partial charge in [-0.1, -0.05) is 0 Å². The number of primary amides is 1. The highest BCUT2D eigenvalue weighted by atomic mass is 19.1. The highest BCUT2D eigenvalue weighted by Gasteiger charge is 2.15. The van der Waals surface area contributed by atoms with Gasteiger partial charge in [-0.05, 0) is 13.0 Å². The Labute approximate surface area is 79.3 Å². The third kappa shape index (κ3) is 2.32. The number of nitrogens with zero attached hydrogens (tertiary/aromatic N) is 1. The van der Waals surface area contributed by atoms with Crippen molar-refractivity contribution < 1.29 is 19.0 Å². The smallest absolute Gasteiger partial charge is 0.405 e. The minimum atomic E-state index is -0.999. The molecule has 5 nitrogen and oxygen atoms in total. The molecule has 1 atom stereocenters. The number of aromatic nitrogens is 1. The molecule has 0 unspecified atom stereocenters. The van der Waals surface area contributed by atoms with E-state index in [1.807, 2.05) is 0 Å². The Kier molecular flexibility index (Phi) is 2.85. The number of nitrogens with two attached hydrogens (primary N) is 1. The predicted octanol–water partition coefficient (Wildman–Crippen LogP) is 1.08. The van der Waals surface area contributed by atoms with Crippen molar-refractivity contribution in [3.8, 4) is 5.88 Å². The van der Waals surface area contributed by atoms with Crippen LogP contribution in [0.15, 0.2) is 12.3 Å². The van der Waals surface area contributed by atoms with Crippen LogP contribution in [0.25, 0.3) is 0 Å². The third-order valence-electron chi connectivity index (χ3n) is 1.59. The van der Waals surface area contributed by atoms with Crippen LogP contribution < -0.4 is 5.73 Å². The highest BCUT2D eigenvalue weighted by molar-refractivity contribution is 5.65. The van der Waals surface area contributed by atoms with Gasteiger partial charge in [-0.15, -0.1) is 0 Å². The zero-order chi connectivity index (χ0) is 10.7. The van der Waals surface area contributed by atoms with Gasteiger partial charge in [0.05, 0.1) is 11.8 Å². The Morgan fingerprint density at radius 2 is 2.43 bits per heavy atom. The van der Waals surface area contributed by atoms with Crippen LogP contribution in [0.5, 0.6) is 5.88 Å². The fraction of sp³-hybridized carbons (Fsp3) is 0.250. The lowest BCUT2D eigenvalue weighted by molar-refractivity contribution is 0.114. The van der Waals surface area contributed by atoms with Gasteiger partial charge in [-0.2, -0.15) is 0 Å². The molecule has 0 saturated heterocycles. The Balaban J connectivity index is 2.93. The SMILES string of the molecule is C[C@@H](OC(N)=O)c1cc(F)cnc1O. The molecule has 0 spiro atoms. The molecular weight excluding hydrogens is 191 g/mol. The van der Waals surface area contributed by atoms with Crippen molar-refractivity contribution in [3.63, 3.8) is 0 Å². The minimum absolute atomic E-state index is 0.0730. The van der Waals surface area contributed by atoms with E-state index in [2.05, 4.69) is 9.72 Å². The van der Waals surface area contributed by atoms with Crippen molar-refractivity contribution in [3.05, 3.63) is 23.6 Å². The first-order valence-corrected chi connectivity index (χ1v) is 3.81. The molecule has 1 aromatic heterocycles. The largest absolute Gasteiger partial charge is 0.493 e. The molecule has 1 rings (SSSR count). The summed E-state index contributed by atoms with van der Waals surface area (Å²) in [4.78, 5) is 13.7.